The third-order valence-electron chi connectivity index (χ3n) is 2.85. The Hall–Kier alpha value is -1.82. The number of imide groups is 1. The van der Waals surface area contributed by atoms with E-state index in [2.05, 4.69) is 4.84 Å². The molecule has 1 aromatic carbocycles. The van der Waals surface area contributed by atoms with Gasteiger partial charge >= 0.3 is 5.97 Å². The van der Waals surface area contributed by atoms with E-state index in [0.29, 0.717) is 10.8 Å². The monoisotopic (exact) mass is 293 g/mol. The van der Waals surface area contributed by atoms with E-state index in [-0.39, 0.29) is 6.42 Å². The van der Waals surface area contributed by atoms with Crippen LogP contribution in [0.3, 0.4) is 0 Å². The van der Waals surface area contributed by atoms with Gasteiger partial charge in [-0.3, -0.25) is 9.59 Å². The average molecular weight is 293 g/mol. The Balaban J connectivity index is 1.94. The first-order valence-electron chi connectivity index (χ1n) is 6.20. The van der Waals surface area contributed by atoms with Gasteiger partial charge in [0, 0.05) is 12.7 Å². The SMILES string of the molecule is CC(=O)ON1C(=O)CC(SCc2ccc(C)cc2)C1=O. The van der Waals surface area contributed by atoms with Crippen molar-refractivity contribution in [2.24, 2.45) is 0 Å². The topological polar surface area (TPSA) is 63.7 Å². The number of carbonyl (C=O) groups is 3. The van der Waals surface area contributed by atoms with Crippen molar-refractivity contribution in [3.63, 3.8) is 0 Å². The number of carbonyl (C=O) groups excluding carboxylic acids is 3. The Labute approximate surface area is 121 Å². The molecule has 1 saturated heterocycles. The molecule has 0 radical (unpaired) electrons. The molecule has 1 unspecified atom stereocenters. The summed E-state index contributed by atoms with van der Waals surface area (Å²) in [5.41, 5.74) is 2.26. The second kappa shape index (κ2) is 6.09. The van der Waals surface area contributed by atoms with Crippen LogP contribution in [0.25, 0.3) is 0 Å². The van der Waals surface area contributed by atoms with Crippen LogP contribution in [0.1, 0.15) is 24.5 Å². The van der Waals surface area contributed by atoms with Crippen LogP contribution in [0.4, 0.5) is 0 Å². The number of thioether (sulfide) groups is 1. The zero-order valence-corrected chi connectivity index (χ0v) is 12.1. The van der Waals surface area contributed by atoms with Crippen LogP contribution in [0, 0.1) is 6.92 Å². The molecule has 0 bridgehead atoms. The molecule has 6 heteroatoms. The normalized spacial score (nSPS) is 18.5. The van der Waals surface area contributed by atoms with Crippen molar-refractivity contribution in [3.8, 4) is 0 Å². The predicted molar refractivity (Wildman–Crippen MR) is 74.5 cm³/mol. The second-order valence-corrected chi connectivity index (χ2v) is 5.79. The maximum atomic E-state index is 11.9. The largest absolute Gasteiger partial charge is 0.331 e. The third kappa shape index (κ3) is 3.39. The molecular weight excluding hydrogens is 278 g/mol. The average Bonchev–Trinajstić information content (AvgIpc) is 2.65. The fraction of sp³-hybridized carbons (Fsp3) is 0.357. The maximum absolute atomic E-state index is 11.9. The van der Waals surface area contributed by atoms with E-state index in [9.17, 15) is 14.4 Å². The van der Waals surface area contributed by atoms with Crippen LogP contribution in [-0.2, 0) is 25.0 Å². The molecule has 106 valence electrons. The summed E-state index contributed by atoms with van der Waals surface area (Å²) in [4.78, 5) is 39.0. The minimum Gasteiger partial charge on any atom is -0.331 e. The summed E-state index contributed by atoms with van der Waals surface area (Å²) in [6.07, 6.45) is 0.0721. The lowest BCUT2D eigenvalue weighted by Crippen LogP contribution is -2.33. The van der Waals surface area contributed by atoms with Crippen molar-refractivity contribution in [1.82, 2.24) is 5.06 Å². The van der Waals surface area contributed by atoms with Crippen LogP contribution in [0.15, 0.2) is 24.3 Å². The molecule has 5 nitrogen and oxygen atoms in total. The molecule has 2 amide bonds. The standard InChI is InChI=1S/C14H15NO4S/c1-9-3-5-11(6-4-9)8-20-12-7-13(17)15(14(12)18)19-10(2)16/h3-6,12H,7-8H2,1-2H3. The first kappa shape index (κ1) is 14.6. The number of hydroxylamine groups is 2. The van der Waals surface area contributed by atoms with E-state index < -0.39 is 23.0 Å². The van der Waals surface area contributed by atoms with Crippen LogP contribution in [0.5, 0.6) is 0 Å². The molecule has 1 atom stereocenters. The van der Waals surface area contributed by atoms with Gasteiger partial charge in [0.1, 0.15) is 0 Å². The smallest absolute Gasteiger partial charge is 0.330 e. The van der Waals surface area contributed by atoms with Gasteiger partial charge in [-0.1, -0.05) is 29.8 Å². The molecule has 0 aliphatic carbocycles. The Morgan fingerprint density at radius 2 is 2.00 bits per heavy atom. The third-order valence-corrected chi connectivity index (χ3v) is 4.12. The van der Waals surface area contributed by atoms with E-state index in [1.165, 1.54) is 17.3 Å². The highest BCUT2D eigenvalue weighted by Gasteiger charge is 2.41. The van der Waals surface area contributed by atoms with Gasteiger partial charge in [-0.15, -0.1) is 16.8 Å². The van der Waals surface area contributed by atoms with Crippen molar-refractivity contribution in [3.05, 3.63) is 35.4 Å². The summed E-state index contributed by atoms with van der Waals surface area (Å²) in [5.74, 6) is -0.956. The van der Waals surface area contributed by atoms with E-state index in [0.717, 1.165) is 12.5 Å². The van der Waals surface area contributed by atoms with Gasteiger partial charge in [0.15, 0.2) is 0 Å². The fourth-order valence-corrected chi connectivity index (χ4v) is 2.90. The Bertz CT molecular complexity index is 541. The number of nitrogens with zero attached hydrogens (tertiary/aromatic N) is 1. The van der Waals surface area contributed by atoms with Gasteiger partial charge in [0.05, 0.1) is 11.7 Å². The summed E-state index contributed by atoms with van der Waals surface area (Å²) in [6.45, 7) is 3.17. The maximum Gasteiger partial charge on any atom is 0.330 e. The lowest BCUT2D eigenvalue weighted by atomic mass is 10.2. The first-order chi connectivity index (χ1) is 9.47. The van der Waals surface area contributed by atoms with Crippen LogP contribution in [-0.4, -0.2) is 28.1 Å². The highest BCUT2D eigenvalue weighted by molar-refractivity contribution is 7.99. The van der Waals surface area contributed by atoms with E-state index >= 15 is 0 Å². The second-order valence-electron chi connectivity index (χ2n) is 4.60. The molecular formula is C14H15NO4S. The minimum absolute atomic E-state index is 0.0721. The van der Waals surface area contributed by atoms with Crippen molar-refractivity contribution in [1.29, 1.82) is 0 Å². The number of hydrogen-bond donors (Lipinski definition) is 0. The molecule has 0 saturated carbocycles. The Kier molecular flexibility index (Phi) is 4.44. The summed E-state index contributed by atoms with van der Waals surface area (Å²) in [5, 5.41) is 0.0953. The van der Waals surface area contributed by atoms with Gasteiger partial charge in [-0.2, -0.15) is 0 Å². The number of hydrogen-bond acceptors (Lipinski definition) is 5. The van der Waals surface area contributed by atoms with Gasteiger partial charge in [-0.05, 0) is 12.5 Å². The summed E-state index contributed by atoms with van der Waals surface area (Å²) < 4.78 is 0. The summed E-state index contributed by atoms with van der Waals surface area (Å²) in [6, 6.07) is 7.99. The zero-order chi connectivity index (χ0) is 14.7. The molecule has 1 heterocycles. The number of rotatable bonds is 4. The molecule has 0 spiro atoms. The van der Waals surface area contributed by atoms with Gasteiger partial charge in [0.2, 0.25) is 0 Å². The van der Waals surface area contributed by atoms with Crippen LogP contribution in [0.2, 0.25) is 0 Å². The van der Waals surface area contributed by atoms with Gasteiger partial charge < -0.3 is 4.84 Å². The molecule has 20 heavy (non-hydrogen) atoms. The molecule has 1 aromatic rings. The quantitative estimate of drug-likeness (QED) is 0.793. The van der Waals surface area contributed by atoms with Crippen LogP contribution < -0.4 is 0 Å². The molecule has 2 rings (SSSR count). The van der Waals surface area contributed by atoms with Crippen molar-refractivity contribution in [2.75, 3.05) is 0 Å². The van der Waals surface area contributed by atoms with Crippen LogP contribution >= 0.6 is 11.8 Å². The zero-order valence-electron chi connectivity index (χ0n) is 11.3. The Morgan fingerprint density at radius 1 is 1.35 bits per heavy atom. The molecule has 1 fully saturated rings. The van der Waals surface area contributed by atoms with E-state index in [1.807, 2.05) is 31.2 Å². The number of benzene rings is 1. The van der Waals surface area contributed by atoms with Crippen molar-refractivity contribution in [2.45, 2.75) is 31.3 Å². The minimum atomic E-state index is -0.670. The van der Waals surface area contributed by atoms with Gasteiger partial charge in [0.25, 0.3) is 11.8 Å². The predicted octanol–water partition coefficient (Wildman–Crippen LogP) is 1.83. The summed E-state index contributed by atoms with van der Waals surface area (Å²) >= 11 is 1.38. The fourth-order valence-electron chi connectivity index (χ4n) is 1.82. The first-order valence-corrected chi connectivity index (χ1v) is 7.24. The highest BCUT2D eigenvalue weighted by atomic mass is 32.2. The number of aryl methyl sites for hydroxylation is 1. The highest BCUT2D eigenvalue weighted by Crippen LogP contribution is 2.28. The van der Waals surface area contributed by atoms with E-state index in [4.69, 9.17) is 0 Å². The lowest BCUT2D eigenvalue weighted by Gasteiger charge is -2.12. The molecule has 0 aromatic heterocycles. The summed E-state index contributed by atoms with van der Waals surface area (Å²) in [7, 11) is 0. The van der Waals surface area contributed by atoms with Crippen molar-refractivity contribution >= 4 is 29.5 Å². The lowest BCUT2D eigenvalue weighted by molar-refractivity contribution is -0.195. The Morgan fingerprint density at radius 3 is 2.60 bits per heavy atom. The molecule has 1 aliphatic heterocycles. The van der Waals surface area contributed by atoms with Crippen molar-refractivity contribution < 1.29 is 19.2 Å². The number of amides is 2. The molecule has 1 aliphatic rings. The molecule has 0 N–H and O–H groups in total. The van der Waals surface area contributed by atoms with E-state index in [1.54, 1.807) is 0 Å². The van der Waals surface area contributed by atoms with Gasteiger partial charge in [-0.25, -0.2) is 4.79 Å².